The minimum absolute atomic E-state index is 0. The van der Waals surface area contributed by atoms with Crippen LogP contribution in [0.3, 0.4) is 0 Å². The molecule has 120 valence electrons. The Morgan fingerprint density at radius 2 is 1.50 bits per heavy atom. The molecule has 4 saturated heterocycles. The maximum atomic E-state index is 5.53. The summed E-state index contributed by atoms with van der Waals surface area (Å²) in [4.78, 5) is 7.62. The smallest absolute Gasteiger partial charge is 0.231 e. The third-order valence-electron chi connectivity index (χ3n) is 4.75. The second-order valence-corrected chi connectivity index (χ2v) is 7.51. The highest BCUT2D eigenvalue weighted by atomic mass is 79.9. The summed E-state index contributed by atoms with van der Waals surface area (Å²) < 4.78 is 13.2. The van der Waals surface area contributed by atoms with Gasteiger partial charge in [0.25, 0.3) is 0 Å². The Morgan fingerprint density at radius 1 is 0.955 bits per heavy atom. The second kappa shape index (κ2) is 5.32. The zero-order valence-electron chi connectivity index (χ0n) is 12.2. The van der Waals surface area contributed by atoms with E-state index >= 15 is 0 Å². The Labute approximate surface area is 148 Å². The molecular formula is C14H18Br2N4O2. The van der Waals surface area contributed by atoms with Crippen LogP contribution in [0, 0.1) is 0 Å². The number of fused-ring (bicyclic) bond motifs is 1. The molecule has 6 nitrogen and oxygen atoms in total. The average Bonchev–Trinajstić information content (AvgIpc) is 2.84. The molecule has 0 aromatic heterocycles. The standard InChI is InChI=1S/C14H18BrN4O2.BrH/c15-12-2-14-13(20-10-21-14)1-11(12)3-19-7-16-4-17(8-19)6-18(5-16)9-19;/h1-2H,3-10H2;1H/q+1;/p-1. The van der Waals surface area contributed by atoms with E-state index in [1.807, 2.05) is 6.07 Å². The van der Waals surface area contributed by atoms with Gasteiger partial charge >= 0.3 is 0 Å². The molecule has 6 rings (SSSR count). The maximum absolute atomic E-state index is 5.53. The van der Waals surface area contributed by atoms with Crippen LogP contribution in [0.4, 0.5) is 0 Å². The molecule has 0 spiro atoms. The van der Waals surface area contributed by atoms with Gasteiger partial charge < -0.3 is 26.5 Å². The molecule has 1 aromatic rings. The van der Waals surface area contributed by atoms with E-state index in [9.17, 15) is 0 Å². The van der Waals surface area contributed by atoms with Crippen LogP contribution < -0.4 is 26.5 Å². The number of hydrogen-bond acceptors (Lipinski definition) is 5. The van der Waals surface area contributed by atoms with Crippen molar-refractivity contribution in [1.29, 1.82) is 0 Å². The van der Waals surface area contributed by atoms with Gasteiger partial charge in [-0.3, -0.25) is 4.48 Å². The quantitative estimate of drug-likeness (QED) is 0.513. The number of quaternary nitrogens is 1. The molecule has 5 heterocycles. The van der Waals surface area contributed by atoms with Gasteiger partial charge in [-0.15, -0.1) is 0 Å². The molecule has 4 bridgehead atoms. The average molecular weight is 434 g/mol. The first-order chi connectivity index (χ1) is 10.2. The van der Waals surface area contributed by atoms with Gasteiger partial charge in [-0.1, -0.05) is 15.9 Å². The van der Waals surface area contributed by atoms with Crippen LogP contribution in [-0.4, -0.2) is 66.0 Å². The van der Waals surface area contributed by atoms with E-state index in [1.165, 1.54) is 5.56 Å². The highest BCUT2D eigenvalue weighted by Gasteiger charge is 2.48. The van der Waals surface area contributed by atoms with Crippen LogP contribution in [0.25, 0.3) is 0 Å². The minimum atomic E-state index is 0. The van der Waals surface area contributed by atoms with Gasteiger partial charge in [-0.2, -0.15) is 0 Å². The van der Waals surface area contributed by atoms with Gasteiger partial charge in [0.05, 0.1) is 20.0 Å². The molecule has 22 heavy (non-hydrogen) atoms. The van der Waals surface area contributed by atoms with Crippen LogP contribution >= 0.6 is 15.9 Å². The van der Waals surface area contributed by atoms with Gasteiger partial charge in [0, 0.05) is 10.0 Å². The predicted octanol–water partition coefficient (Wildman–Crippen LogP) is -1.81. The molecule has 0 unspecified atom stereocenters. The number of ether oxygens (including phenoxy) is 2. The van der Waals surface area contributed by atoms with E-state index in [4.69, 9.17) is 9.47 Å². The lowest BCUT2D eigenvalue weighted by Crippen LogP contribution is -3.00. The summed E-state index contributed by atoms with van der Waals surface area (Å²) >= 11 is 3.70. The maximum Gasteiger partial charge on any atom is 0.231 e. The van der Waals surface area contributed by atoms with E-state index in [-0.39, 0.29) is 17.0 Å². The van der Waals surface area contributed by atoms with Crippen LogP contribution in [0.15, 0.2) is 16.6 Å². The number of nitrogens with zero attached hydrogens (tertiary/aromatic N) is 4. The van der Waals surface area contributed by atoms with Crippen molar-refractivity contribution < 1.29 is 30.9 Å². The van der Waals surface area contributed by atoms with Crippen molar-refractivity contribution >= 4 is 15.9 Å². The summed E-state index contributed by atoms with van der Waals surface area (Å²) in [5, 5.41) is 0. The molecule has 0 saturated carbocycles. The van der Waals surface area contributed by atoms with Crippen molar-refractivity contribution in [3.63, 3.8) is 0 Å². The lowest BCUT2D eigenvalue weighted by Gasteiger charge is -2.60. The Balaban J connectivity index is 0.00000125. The van der Waals surface area contributed by atoms with E-state index < -0.39 is 0 Å². The summed E-state index contributed by atoms with van der Waals surface area (Å²) in [6.07, 6.45) is 0. The first-order valence-electron chi connectivity index (χ1n) is 7.29. The lowest BCUT2D eigenvalue weighted by molar-refractivity contribution is -0.991. The van der Waals surface area contributed by atoms with Crippen molar-refractivity contribution in [3.8, 4) is 11.5 Å². The number of hydrogen-bond donors (Lipinski definition) is 0. The molecule has 5 aliphatic heterocycles. The van der Waals surface area contributed by atoms with Crippen molar-refractivity contribution in [2.45, 2.75) is 6.54 Å². The third-order valence-corrected chi connectivity index (χ3v) is 5.49. The first-order valence-corrected chi connectivity index (χ1v) is 8.09. The molecule has 0 aliphatic carbocycles. The SMILES string of the molecule is Brc1cc2c(cc1C[N+]13CN4CN(CN(C4)C1)C3)OCO2.[Br-]. The van der Waals surface area contributed by atoms with E-state index in [2.05, 4.69) is 36.7 Å². The highest BCUT2D eigenvalue weighted by Crippen LogP contribution is 2.39. The molecule has 4 fully saturated rings. The fraction of sp³-hybridized carbons (Fsp3) is 0.571. The van der Waals surface area contributed by atoms with Crippen molar-refractivity contribution in [3.05, 3.63) is 22.2 Å². The summed E-state index contributed by atoms with van der Waals surface area (Å²) in [6, 6.07) is 4.19. The molecule has 8 heteroatoms. The fourth-order valence-electron chi connectivity index (χ4n) is 4.25. The Bertz CT molecular complexity index is 577. The van der Waals surface area contributed by atoms with Crippen LogP contribution in [0.2, 0.25) is 0 Å². The van der Waals surface area contributed by atoms with Gasteiger partial charge in [0.2, 0.25) is 6.79 Å². The zero-order chi connectivity index (χ0) is 14.0. The summed E-state index contributed by atoms with van der Waals surface area (Å²) in [6.45, 7) is 8.17. The summed E-state index contributed by atoms with van der Waals surface area (Å²) in [5.41, 5.74) is 1.31. The first kappa shape index (κ1) is 15.2. The molecule has 0 atom stereocenters. The van der Waals surface area contributed by atoms with Gasteiger partial charge in [-0.25, -0.2) is 14.7 Å². The van der Waals surface area contributed by atoms with Crippen molar-refractivity contribution in [1.82, 2.24) is 14.7 Å². The van der Waals surface area contributed by atoms with E-state index in [1.54, 1.807) is 0 Å². The Morgan fingerprint density at radius 3 is 2.09 bits per heavy atom. The van der Waals surface area contributed by atoms with Crippen molar-refractivity contribution in [2.24, 2.45) is 0 Å². The van der Waals surface area contributed by atoms with Crippen LogP contribution in [0.1, 0.15) is 5.56 Å². The number of benzene rings is 1. The molecule has 0 radical (unpaired) electrons. The molecule has 0 N–H and O–H groups in total. The molecule has 1 aromatic carbocycles. The lowest BCUT2D eigenvalue weighted by atomic mass is 10.1. The number of halogens is 2. The Kier molecular flexibility index (Phi) is 3.67. The number of rotatable bonds is 2. The summed E-state index contributed by atoms with van der Waals surface area (Å²) in [5.74, 6) is 1.72. The Hall–Kier alpha value is -0.380. The van der Waals surface area contributed by atoms with Crippen LogP contribution in [-0.2, 0) is 6.54 Å². The monoisotopic (exact) mass is 432 g/mol. The fourth-order valence-corrected chi connectivity index (χ4v) is 4.70. The van der Waals surface area contributed by atoms with E-state index in [0.717, 1.165) is 67.0 Å². The zero-order valence-corrected chi connectivity index (χ0v) is 15.3. The molecule has 0 amide bonds. The topological polar surface area (TPSA) is 28.2 Å². The van der Waals surface area contributed by atoms with Gasteiger partial charge in [-0.05, 0) is 12.1 Å². The predicted molar refractivity (Wildman–Crippen MR) is 78.9 cm³/mol. The normalized spacial score (nSPS) is 37.2. The van der Waals surface area contributed by atoms with Gasteiger partial charge in [0.1, 0.15) is 26.6 Å². The minimum Gasteiger partial charge on any atom is -1.00 e. The van der Waals surface area contributed by atoms with Crippen molar-refractivity contribution in [2.75, 3.05) is 46.8 Å². The van der Waals surface area contributed by atoms with Crippen LogP contribution in [0.5, 0.6) is 11.5 Å². The second-order valence-electron chi connectivity index (χ2n) is 6.66. The molecular weight excluding hydrogens is 416 g/mol. The highest BCUT2D eigenvalue weighted by molar-refractivity contribution is 9.10. The summed E-state index contributed by atoms with van der Waals surface area (Å²) in [7, 11) is 0. The van der Waals surface area contributed by atoms with E-state index in [0.29, 0.717) is 6.79 Å². The van der Waals surface area contributed by atoms with Gasteiger partial charge in [0.15, 0.2) is 11.5 Å². The largest absolute Gasteiger partial charge is 1.00 e. The molecule has 5 aliphatic rings. The third kappa shape index (κ3) is 2.37.